The zero-order chi connectivity index (χ0) is 12.9. The maximum Gasteiger partial charge on any atom is 0.330 e. The van der Waals surface area contributed by atoms with Gasteiger partial charge in [-0.05, 0) is 13.0 Å². The number of carbonyl (C=O) groups excluding carboxylic acids is 1. The lowest BCUT2D eigenvalue weighted by Crippen LogP contribution is -2.47. The van der Waals surface area contributed by atoms with Crippen molar-refractivity contribution in [2.24, 2.45) is 0 Å². The van der Waals surface area contributed by atoms with Crippen LogP contribution >= 0.6 is 11.6 Å². The number of nitrogens with one attached hydrogen (secondary N) is 1. The Hall–Kier alpha value is -1.50. The summed E-state index contributed by atoms with van der Waals surface area (Å²) in [6.07, 6.45) is 5.20. The number of rotatable bonds is 4. The summed E-state index contributed by atoms with van der Waals surface area (Å²) in [5.74, 6) is 2.00. The van der Waals surface area contributed by atoms with Gasteiger partial charge in [-0.15, -0.1) is 6.42 Å². The minimum Gasteiger partial charge on any atom is -0.467 e. The normalized spacial score (nSPS) is 13.5. The summed E-state index contributed by atoms with van der Waals surface area (Å²) in [5.41, 5.74) is -0.400. The highest BCUT2D eigenvalue weighted by Gasteiger charge is 2.37. The van der Waals surface area contributed by atoms with E-state index in [0.29, 0.717) is 10.6 Å². The number of terminal acetylenes is 1. The Labute approximate surface area is 106 Å². The van der Waals surface area contributed by atoms with Crippen molar-refractivity contribution >= 4 is 17.6 Å². The molecule has 0 saturated heterocycles. The van der Waals surface area contributed by atoms with Crippen molar-refractivity contribution in [3.05, 3.63) is 34.9 Å². The van der Waals surface area contributed by atoms with Gasteiger partial charge in [0.25, 0.3) is 0 Å². The third-order valence-corrected chi connectivity index (χ3v) is 2.88. The summed E-state index contributed by atoms with van der Waals surface area (Å²) in [4.78, 5) is 11.9. The number of ether oxygens (including phenoxy) is 1. The minimum absolute atomic E-state index is 0.247. The molecule has 4 heteroatoms. The molecule has 1 unspecified atom stereocenters. The molecule has 0 heterocycles. The van der Waals surface area contributed by atoms with E-state index in [9.17, 15) is 4.79 Å². The Kier molecular flexibility index (Phi) is 4.56. The van der Waals surface area contributed by atoms with E-state index in [4.69, 9.17) is 22.8 Å². The molecule has 1 aromatic rings. The van der Waals surface area contributed by atoms with Gasteiger partial charge in [0, 0.05) is 10.6 Å². The molecule has 0 amide bonds. The molecule has 0 radical (unpaired) electrons. The third-order valence-electron chi connectivity index (χ3n) is 2.55. The average molecular weight is 252 g/mol. The molecule has 3 nitrogen and oxygen atoms in total. The Balaban J connectivity index is 3.20. The van der Waals surface area contributed by atoms with E-state index in [0.717, 1.165) is 0 Å². The summed E-state index contributed by atoms with van der Waals surface area (Å²) < 4.78 is 4.79. The third kappa shape index (κ3) is 2.79. The highest BCUT2D eigenvalue weighted by Crippen LogP contribution is 2.28. The van der Waals surface area contributed by atoms with E-state index in [1.54, 1.807) is 31.2 Å². The van der Waals surface area contributed by atoms with Gasteiger partial charge in [-0.3, -0.25) is 5.32 Å². The van der Waals surface area contributed by atoms with E-state index in [-0.39, 0.29) is 6.54 Å². The number of hydrogen-bond acceptors (Lipinski definition) is 3. The second kappa shape index (κ2) is 5.72. The molecule has 0 aliphatic rings. The number of esters is 1. The van der Waals surface area contributed by atoms with Gasteiger partial charge in [-0.25, -0.2) is 4.79 Å². The largest absolute Gasteiger partial charge is 0.467 e. The van der Waals surface area contributed by atoms with Gasteiger partial charge < -0.3 is 4.74 Å². The van der Waals surface area contributed by atoms with Crippen molar-refractivity contribution in [2.75, 3.05) is 13.7 Å². The molecule has 90 valence electrons. The molecule has 0 bridgehead atoms. The molecule has 0 aliphatic carbocycles. The minimum atomic E-state index is -1.04. The fraction of sp³-hybridized carbons (Fsp3) is 0.308. The van der Waals surface area contributed by atoms with Crippen molar-refractivity contribution in [2.45, 2.75) is 12.5 Å². The van der Waals surface area contributed by atoms with Crippen LogP contribution in [0.3, 0.4) is 0 Å². The smallest absolute Gasteiger partial charge is 0.330 e. The monoisotopic (exact) mass is 251 g/mol. The first-order valence-corrected chi connectivity index (χ1v) is 5.46. The Morgan fingerprint density at radius 1 is 1.59 bits per heavy atom. The molecule has 1 N–H and O–H groups in total. The quantitative estimate of drug-likeness (QED) is 0.657. The van der Waals surface area contributed by atoms with E-state index in [1.165, 1.54) is 7.11 Å². The standard InChI is InChI=1S/C13H14ClNO2/c1-4-9-15-13(2,12(16)17-3)10-7-5-6-8-11(10)14/h1,5-8,15H,9H2,2-3H3. The molecule has 0 spiro atoms. The van der Waals surface area contributed by atoms with Gasteiger partial charge in [0.05, 0.1) is 13.7 Å². The molecular formula is C13H14ClNO2. The van der Waals surface area contributed by atoms with Crippen LogP contribution in [0.5, 0.6) is 0 Å². The van der Waals surface area contributed by atoms with Crippen molar-refractivity contribution in [3.8, 4) is 12.3 Å². The Morgan fingerprint density at radius 3 is 2.76 bits per heavy atom. The summed E-state index contributed by atoms with van der Waals surface area (Å²) in [6, 6.07) is 7.09. The van der Waals surface area contributed by atoms with E-state index in [1.807, 2.05) is 0 Å². The fourth-order valence-corrected chi connectivity index (χ4v) is 1.90. The Morgan fingerprint density at radius 2 is 2.24 bits per heavy atom. The summed E-state index contributed by atoms with van der Waals surface area (Å²) in [7, 11) is 1.33. The molecule has 1 atom stereocenters. The van der Waals surface area contributed by atoms with Crippen molar-refractivity contribution in [3.63, 3.8) is 0 Å². The number of benzene rings is 1. The average Bonchev–Trinajstić information content (AvgIpc) is 2.35. The molecule has 1 aromatic carbocycles. The predicted octanol–water partition coefficient (Wildman–Crippen LogP) is 1.95. The van der Waals surface area contributed by atoms with Crippen molar-refractivity contribution in [1.82, 2.24) is 5.32 Å². The lowest BCUT2D eigenvalue weighted by molar-refractivity contribution is -0.148. The van der Waals surface area contributed by atoms with E-state index in [2.05, 4.69) is 11.2 Å². The summed E-state index contributed by atoms with van der Waals surface area (Å²) in [6.45, 7) is 1.94. The zero-order valence-corrected chi connectivity index (χ0v) is 10.5. The van der Waals surface area contributed by atoms with Gasteiger partial charge in [-0.1, -0.05) is 35.7 Å². The molecule has 0 saturated carbocycles. The highest BCUT2D eigenvalue weighted by atomic mass is 35.5. The van der Waals surface area contributed by atoms with Crippen LogP contribution in [0.25, 0.3) is 0 Å². The molecule has 0 aromatic heterocycles. The van der Waals surface area contributed by atoms with Crippen LogP contribution < -0.4 is 5.32 Å². The number of hydrogen-bond donors (Lipinski definition) is 1. The lowest BCUT2D eigenvalue weighted by Gasteiger charge is -2.28. The SMILES string of the molecule is C#CCNC(C)(C(=O)OC)c1ccccc1Cl. The number of carbonyl (C=O) groups is 1. The molecule has 0 fully saturated rings. The topological polar surface area (TPSA) is 38.3 Å². The molecule has 1 rings (SSSR count). The van der Waals surface area contributed by atoms with E-state index < -0.39 is 11.5 Å². The van der Waals surface area contributed by atoms with Gasteiger partial charge in [0.2, 0.25) is 0 Å². The Bertz CT molecular complexity index is 453. The van der Waals surface area contributed by atoms with Gasteiger partial charge in [0.15, 0.2) is 0 Å². The second-order valence-electron chi connectivity index (χ2n) is 3.65. The molecule has 0 aliphatic heterocycles. The molecular weight excluding hydrogens is 238 g/mol. The van der Waals surface area contributed by atoms with Gasteiger partial charge in [-0.2, -0.15) is 0 Å². The van der Waals surface area contributed by atoms with Crippen LogP contribution in [-0.2, 0) is 15.1 Å². The maximum absolute atomic E-state index is 11.9. The fourth-order valence-electron chi connectivity index (χ4n) is 1.58. The summed E-state index contributed by atoms with van der Waals surface area (Å²) >= 11 is 6.09. The first kappa shape index (κ1) is 13.6. The van der Waals surface area contributed by atoms with Crippen LogP contribution in [0.1, 0.15) is 12.5 Å². The van der Waals surface area contributed by atoms with Crippen molar-refractivity contribution < 1.29 is 9.53 Å². The first-order valence-electron chi connectivity index (χ1n) is 5.08. The molecule has 17 heavy (non-hydrogen) atoms. The van der Waals surface area contributed by atoms with Crippen LogP contribution in [0, 0.1) is 12.3 Å². The van der Waals surface area contributed by atoms with Crippen molar-refractivity contribution in [1.29, 1.82) is 0 Å². The van der Waals surface area contributed by atoms with Crippen LogP contribution in [0.15, 0.2) is 24.3 Å². The van der Waals surface area contributed by atoms with Crippen LogP contribution in [-0.4, -0.2) is 19.6 Å². The first-order chi connectivity index (χ1) is 8.06. The highest BCUT2D eigenvalue weighted by molar-refractivity contribution is 6.31. The van der Waals surface area contributed by atoms with Crippen LogP contribution in [0.2, 0.25) is 5.02 Å². The second-order valence-corrected chi connectivity index (χ2v) is 4.06. The number of methoxy groups -OCH3 is 1. The predicted molar refractivity (Wildman–Crippen MR) is 67.7 cm³/mol. The lowest BCUT2D eigenvalue weighted by atomic mass is 9.92. The van der Waals surface area contributed by atoms with Gasteiger partial charge in [0.1, 0.15) is 5.54 Å². The van der Waals surface area contributed by atoms with E-state index >= 15 is 0 Å². The van der Waals surface area contributed by atoms with Crippen LogP contribution in [0.4, 0.5) is 0 Å². The number of halogens is 1. The zero-order valence-electron chi connectivity index (χ0n) is 9.79. The van der Waals surface area contributed by atoms with Gasteiger partial charge >= 0.3 is 5.97 Å². The maximum atomic E-state index is 11.9. The summed E-state index contributed by atoms with van der Waals surface area (Å²) in [5, 5.41) is 3.45.